The van der Waals surface area contributed by atoms with E-state index in [0.29, 0.717) is 17.1 Å². The molecule has 7 heteroatoms. The number of benzene rings is 2. The number of nitrogens with one attached hydrogen (secondary N) is 1. The summed E-state index contributed by atoms with van der Waals surface area (Å²) in [4.78, 5) is 30.3. The molecule has 1 aromatic heterocycles. The smallest absolute Gasteiger partial charge is 0.339 e. The van der Waals surface area contributed by atoms with Gasteiger partial charge in [-0.3, -0.25) is 4.79 Å². The Balaban J connectivity index is 1.53. The van der Waals surface area contributed by atoms with Gasteiger partial charge in [0, 0.05) is 11.4 Å². The Hall–Kier alpha value is -3.87. The topological polar surface area (TPSA) is 86.8 Å². The fourth-order valence-electron chi connectivity index (χ4n) is 4.55. The van der Waals surface area contributed by atoms with Gasteiger partial charge in [0.1, 0.15) is 0 Å². The second-order valence-corrected chi connectivity index (χ2v) is 8.89. The van der Waals surface area contributed by atoms with Crippen LogP contribution in [0.3, 0.4) is 0 Å². The van der Waals surface area contributed by atoms with Crippen LogP contribution in [-0.2, 0) is 16.0 Å². The molecule has 0 aliphatic heterocycles. The first kappa shape index (κ1) is 22.9. The fraction of sp³-hybridized carbons (Fsp3) is 0.321. The molecular formula is C28H28N2O5. The van der Waals surface area contributed by atoms with E-state index in [9.17, 15) is 9.59 Å². The molecule has 1 heterocycles. The van der Waals surface area contributed by atoms with E-state index in [0.717, 1.165) is 65.4 Å². The number of fused-ring (bicyclic) bond motifs is 2. The normalized spacial score (nSPS) is 16.0. The zero-order valence-electron chi connectivity index (χ0n) is 19.9. The van der Waals surface area contributed by atoms with Crippen molar-refractivity contribution in [1.82, 2.24) is 10.3 Å². The lowest BCUT2D eigenvalue weighted by atomic mass is 9.86. The van der Waals surface area contributed by atoms with Crippen molar-refractivity contribution in [2.45, 2.75) is 38.1 Å². The van der Waals surface area contributed by atoms with Gasteiger partial charge in [0.15, 0.2) is 18.1 Å². The summed E-state index contributed by atoms with van der Waals surface area (Å²) in [6.07, 6.45) is 6.49. The van der Waals surface area contributed by atoms with Gasteiger partial charge in [0.2, 0.25) is 0 Å². The zero-order chi connectivity index (χ0) is 24.4. The first-order valence-electron chi connectivity index (χ1n) is 11.9. The molecule has 180 valence electrons. The molecule has 1 fully saturated rings. The van der Waals surface area contributed by atoms with Crippen LogP contribution in [0.4, 0.5) is 0 Å². The Morgan fingerprint density at radius 1 is 1.06 bits per heavy atom. The zero-order valence-corrected chi connectivity index (χ0v) is 19.9. The Bertz CT molecular complexity index is 1330. The first-order chi connectivity index (χ1) is 17.1. The number of ether oxygens (including phenoxy) is 3. The van der Waals surface area contributed by atoms with E-state index in [4.69, 9.17) is 19.2 Å². The third-order valence-electron chi connectivity index (χ3n) is 6.40. The maximum atomic E-state index is 13.3. The highest BCUT2D eigenvalue weighted by molar-refractivity contribution is 6.07. The number of para-hydroxylation sites is 1. The van der Waals surface area contributed by atoms with Crippen LogP contribution < -0.4 is 14.8 Å². The predicted octanol–water partition coefficient (Wildman–Crippen LogP) is 4.56. The number of esters is 1. The number of pyridine rings is 1. The average molecular weight is 473 g/mol. The molecule has 0 saturated heterocycles. The standard InChI is InChI=1S/C28H28N2O5/c1-33-23-13-10-17(15-24(23)34-2)14-18-6-5-8-21-26(20-7-3-4-9-22(20)30-27(18)21)28(32)35-16-25(31)29-19-11-12-19/h3-4,7,9-10,13-15,19H,5-6,8,11-12,16H2,1-2H3,(H,29,31)/b18-14-. The molecule has 0 bridgehead atoms. The summed E-state index contributed by atoms with van der Waals surface area (Å²) in [7, 11) is 3.22. The van der Waals surface area contributed by atoms with Gasteiger partial charge >= 0.3 is 5.97 Å². The Morgan fingerprint density at radius 2 is 1.86 bits per heavy atom. The van der Waals surface area contributed by atoms with Crippen molar-refractivity contribution in [2.75, 3.05) is 20.8 Å². The summed E-state index contributed by atoms with van der Waals surface area (Å²) in [6, 6.07) is 13.6. The highest BCUT2D eigenvalue weighted by Crippen LogP contribution is 2.37. The second kappa shape index (κ2) is 9.78. The van der Waals surface area contributed by atoms with E-state index >= 15 is 0 Å². The van der Waals surface area contributed by atoms with Crippen LogP contribution in [0.2, 0.25) is 0 Å². The second-order valence-electron chi connectivity index (χ2n) is 8.89. The molecule has 0 atom stereocenters. The molecule has 35 heavy (non-hydrogen) atoms. The molecule has 2 aliphatic rings. The minimum atomic E-state index is -0.488. The van der Waals surface area contributed by atoms with Gasteiger partial charge in [-0.05, 0) is 73.1 Å². The van der Waals surface area contributed by atoms with E-state index in [1.807, 2.05) is 42.5 Å². The van der Waals surface area contributed by atoms with Gasteiger partial charge in [-0.1, -0.05) is 24.3 Å². The Morgan fingerprint density at radius 3 is 2.63 bits per heavy atom. The van der Waals surface area contributed by atoms with E-state index in [-0.39, 0.29) is 18.6 Å². The van der Waals surface area contributed by atoms with Gasteiger partial charge < -0.3 is 19.5 Å². The molecule has 2 aromatic carbocycles. The van der Waals surface area contributed by atoms with Crippen LogP contribution in [0.15, 0.2) is 42.5 Å². The third kappa shape index (κ3) is 4.85. The van der Waals surface area contributed by atoms with E-state index in [1.54, 1.807) is 14.2 Å². The number of methoxy groups -OCH3 is 2. The van der Waals surface area contributed by atoms with Crippen molar-refractivity contribution in [2.24, 2.45) is 0 Å². The van der Waals surface area contributed by atoms with E-state index in [2.05, 4.69) is 11.4 Å². The number of hydrogen-bond acceptors (Lipinski definition) is 6. The molecule has 5 rings (SSSR count). The third-order valence-corrected chi connectivity index (χ3v) is 6.40. The van der Waals surface area contributed by atoms with Crippen molar-refractivity contribution in [3.63, 3.8) is 0 Å². The number of carbonyl (C=O) groups is 2. The molecular weight excluding hydrogens is 444 g/mol. The number of rotatable bonds is 7. The van der Waals surface area contributed by atoms with Crippen molar-refractivity contribution in [1.29, 1.82) is 0 Å². The van der Waals surface area contributed by atoms with Crippen molar-refractivity contribution >= 4 is 34.4 Å². The average Bonchev–Trinajstić information content (AvgIpc) is 3.70. The maximum Gasteiger partial charge on any atom is 0.339 e. The summed E-state index contributed by atoms with van der Waals surface area (Å²) in [5.74, 6) is 0.567. The number of hydrogen-bond donors (Lipinski definition) is 1. The highest BCUT2D eigenvalue weighted by atomic mass is 16.5. The van der Waals surface area contributed by atoms with Gasteiger partial charge in [0.05, 0.1) is 31.0 Å². The fourth-order valence-corrected chi connectivity index (χ4v) is 4.55. The molecule has 3 aromatic rings. The molecule has 0 spiro atoms. The van der Waals surface area contributed by atoms with Crippen LogP contribution in [-0.4, -0.2) is 43.7 Å². The summed E-state index contributed by atoms with van der Waals surface area (Å²) in [5, 5.41) is 3.60. The minimum Gasteiger partial charge on any atom is -0.493 e. The highest BCUT2D eigenvalue weighted by Gasteiger charge is 2.27. The Kier molecular flexibility index (Phi) is 6.40. The molecule has 7 nitrogen and oxygen atoms in total. The molecule has 1 saturated carbocycles. The molecule has 1 amide bonds. The lowest BCUT2D eigenvalue weighted by Gasteiger charge is -2.22. The van der Waals surface area contributed by atoms with Crippen LogP contribution in [0.5, 0.6) is 11.5 Å². The lowest BCUT2D eigenvalue weighted by Crippen LogP contribution is -2.30. The summed E-state index contributed by atoms with van der Waals surface area (Å²) >= 11 is 0. The van der Waals surface area contributed by atoms with E-state index < -0.39 is 5.97 Å². The molecule has 0 radical (unpaired) electrons. The van der Waals surface area contributed by atoms with Crippen LogP contribution in [0.1, 0.15) is 52.9 Å². The molecule has 2 aliphatic carbocycles. The van der Waals surface area contributed by atoms with Crippen molar-refractivity contribution < 1.29 is 23.8 Å². The van der Waals surface area contributed by atoms with Crippen molar-refractivity contribution in [3.05, 3.63) is 64.8 Å². The quantitative estimate of drug-likeness (QED) is 0.507. The monoisotopic (exact) mass is 472 g/mol. The number of carbonyl (C=O) groups excluding carboxylic acids is 2. The maximum absolute atomic E-state index is 13.3. The SMILES string of the molecule is COc1ccc(/C=C2/CCCc3c2nc2ccccc2c3C(=O)OCC(=O)NC2CC2)cc1OC. The largest absolute Gasteiger partial charge is 0.493 e. The summed E-state index contributed by atoms with van der Waals surface area (Å²) in [5.41, 5.74) is 4.91. The molecule has 0 unspecified atom stereocenters. The first-order valence-corrected chi connectivity index (χ1v) is 11.9. The minimum absolute atomic E-state index is 0.222. The number of nitrogens with zero attached hydrogens (tertiary/aromatic N) is 1. The predicted molar refractivity (Wildman–Crippen MR) is 134 cm³/mol. The van der Waals surface area contributed by atoms with Crippen LogP contribution in [0.25, 0.3) is 22.6 Å². The summed E-state index contributed by atoms with van der Waals surface area (Å²) < 4.78 is 16.3. The molecule has 1 N–H and O–H groups in total. The van der Waals surface area contributed by atoms with Gasteiger partial charge in [-0.25, -0.2) is 9.78 Å². The number of amides is 1. The number of aromatic nitrogens is 1. The summed E-state index contributed by atoms with van der Waals surface area (Å²) in [6.45, 7) is -0.283. The van der Waals surface area contributed by atoms with Crippen LogP contribution in [0, 0.1) is 0 Å². The number of allylic oxidation sites excluding steroid dienone is 1. The van der Waals surface area contributed by atoms with Gasteiger partial charge in [-0.15, -0.1) is 0 Å². The Labute approximate surface area is 204 Å². The van der Waals surface area contributed by atoms with Gasteiger partial charge in [0.25, 0.3) is 5.91 Å². The van der Waals surface area contributed by atoms with Crippen molar-refractivity contribution in [3.8, 4) is 11.5 Å². The van der Waals surface area contributed by atoms with Gasteiger partial charge in [-0.2, -0.15) is 0 Å². The lowest BCUT2D eigenvalue weighted by molar-refractivity contribution is -0.124. The van der Waals surface area contributed by atoms with E-state index in [1.165, 1.54) is 0 Å². The van der Waals surface area contributed by atoms with Crippen LogP contribution >= 0.6 is 0 Å².